The second-order valence-electron chi connectivity index (χ2n) is 5.40. The van der Waals surface area contributed by atoms with Gasteiger partial charge in [0.2, 0.25) is 0 Å². The van der Waals surface area contributed by atoms with E-state index in [4.69, 9.17) is 5.11 Å². The number of nitrogens with zero attached hydrogens (tertiary/aromatic N) is 2. The van der Waals surface area contributed by atoms with Gasteiger partial charge in [-0.2, -0.15) is 13.2 Å². The van der Waals surface area contributed by atoms with Gasteiger partial charge in [-0.15, -0.1) is 0 Å². The predicted octanol–water partition coefficient (Wildman–Crippen LogP) is 2.38. The second kappa shape index (κ2) is 6.77. The Labute approximate surface area is 123 Å². The number of alkyl halides is 3. The van der Waals surface area contributed by atoms with Crippen LogP contribution >= 0.6 is 0 Å². The number of halogens is 3. The van der Waals surface area contributed by atoms with Gasteiger partial charge in [-0.25, -0.2) is 0 Å². The molecule has 1 atom stereocenters. The monoisotopic (exact) mass is 302 g/mol. The molecule has 0 radical (unpaired) electrons. The van der Waals surface area contributed by atoms with E-state index in [1.807, 2.05) is 6.92 Å². The van der Waals surface area contributed by atoms with Crippen molar-refractivity contribution in [2.24, 2.45) is 0 Å². The van der Waals surface area contributed by atoms with Crippen molar-refractivity contribution in [3.05, 3.63) is 35.4 Å². The topological polar surface area (TPSA) is 26.7 Å². The van der Waals surface area contributed by atoms with Gasteiger partial charge in [0.05, 0.1) is 12.2 Å². The lowest BCUT2D eigenvalue weighted by molar-refractivity contribution is -0.137. The molecule has 0 amide bonds. The van der Waals surface area contributed by atoms with E-state index >= 15 is 0 Å². The smallest absolute Gasteiger partial charge is 0.395 e. The van der Waals surface area contributed by atoms with Gasteiger partial charge in [0.1, 0.15) is 0 Å². The van der Waals surface area contributed by atoms with Gasteiger partial charge in [-0.1, -0.05) is 12.1 Å². The molecule has 0 bridgehead atoms. The molecule has 1 N–H and O–H groups in total. The second-order valence-corrected chi connectivity index (χ2v) is 5.40. The SMILES string of the molecule is C[C@H](c1ccc(C(F)(F)F)cc1)N1CCN(CCO)CC1. The maximum Gasteiger partial charge on any atom is 0.416 e. The summed E-state index contributed by atoms with van der Waals surface area (Å²) in [5.41, 5.74) is 0.296. The highest BCUT2D eigenvalue weighted by Gasteiger charge is 2.30. The standard InChI is InChI=1S/C15H21F3N2O/c1-12(20-8-6-19(7-9-20)10-11-21)13-2-4-14(5-3-13)15(16,17)18/h2-5,12,21H,6-11H2,1H3/t12-/m1/s1. The fraction of sp³-hybridized carbons (Fsp3) is 0.600. The molecule has 1 aliphatic heterocycles. The molecule has 118 valence electrons. The van der Waals surface area contributed by atoms with Crippen LogP contribution in [0.15, 0.2) is 24.3 Å². The molecule has 0 unspecified atom stereocenters. The van der Waals surface area contributed by atoms with Crippen molar-refractivity contribution in [1.82, 2.24) is 9.80 Å². The van der Waals surface area contributed by atoms with E-state index < -0.39 is 11.7 Å². The number of benzene rings is 1. The first kappa shape index (κ1) is 16.3. The van der Waals surface area contributed by atoms with Crippen LogP contribution in [0.4, 0.5) is 13.2 Å². The molecule has 0 aliphatic carbocycles. The third kappa shape index (κ3) is 4.18. The van der Waals surface area contributed by atoms with Crippen LogP contribution in [-0.2, 0) is 6.18 Å². The Balaban J connectivity index is 1.96. The van der Waals surface area contributed by atoms with Crippen molar-refractivity contribution in [3.63, 3.8) is 0 Å². The Kier molecular flexibility index (Phi) is 5.24. The maximum atomic E-state index is 12.6. The van der Waals surface area contributed by atoms with Gasteiger partial charge < -0.3 is 5.11 Å². The largest absolute Gasteiger partial charge is 0.416 e. The molecule has 1 saturated heterocycles. The Morgan fingerprint density at radius 3 is 2.14 bits per heavy atom. The van der Waals surface area contributed by atoms with Crippen molar-refractivity contribution in [2.45, 2.75) is 19.1 Å². The van der Waals surface area contributed by atoms with Crippen molar-refractivity contribution in [2.75, 3.05) is 39.3 Å². The molecule has 3 nitrogen and oxygen atoms in total. The van der Waals surface area contributed by atoms with Crippen LogP contribution in [0.1, 0.15) is 24.1 Å². The van der Waals surface area contributed by atoms with Crippen LogP contribution in [0.25, 0.3) is 0 Å². The van der Waals surface area contributed by atoms with E-state index in [9.17, 15) is 13.2 Å². The van der Waals surface area contributed by atoms with Gasteiger partial charge in [-0.05, 0) is 24.6 Å². The molecule has 0 spiro atoms. The number of aliphatic hydroxyl groups is 1. The summed E-state index contributed by atoms with van der Waals surface area (Å²) in [5, 5.41) is 8.92. The molecule has 0 saturated carbocycles. The Hall–Kier alpha value is -1.11. The molecule has 1 heterocycles. The van der Waals surface area contributed by atoms with Crippen LogP contribution in [-0.4, -0.2) is 54.2 Å². The summed E-state index contributed by atoms with van der Waals surface area (Å²) >= 11 is 0. The summed E-state index contributed by atoms with van der Waals surface area (Å²) in [6, 6.07) is 5.52. The third-order valence-corrected chi connectivity index (χ3v) is 4.09. The van der Waals surface area contributed by atoms with Gasteiger partial charge in [0, 0.05) is 38.8 Å². The third-order valence-electron chi connectivity index (χ3n) is 4.09. The normalized spacial score (nSPS) is 19.7. The average molecular weight is 302 g/mol. The van der Waals surface area contributed by atoms with Crippen molar-refractivity contribution in [3.8, 4) is 0 Å². The van der Waals surface area contributed by atoms with E-state index in [1.54, 1.807) is 12.1 Å². The number of β-amino-alcohol motifs (C(OH)–C–C–N with tert-alkyl or cyclic N) is 1. The van der Waals surface area contributed by atoms with Crippen molar-refractivity contribution < 1.29 is 18.3 Å². The zero-order valence-electron chi connectivity index (χ0n) is 12.1. The van der Waals surface area contributed by atoms with E-state index in [-0.39, 0.29) is 12.6 Å². The van der Waals surface area contributed by atoms with Crippen molar-refractivity contribution >= 4 is 0 Å². The number of hydrogen-bond acceptors (Lipinski definition) is 3. The number of hydrogen-bond donors (Lipinski definition) is 1. The van der Waals surface area contributed by atoms with Crippen molar-refractivity contribution in [1.29, 1.82) is 0 Å². The number of piperazine rings is 1. The molecule has 2 rings (SSSR count). The van der Waals surface area contributed by atoms with E-state index in [0.717, 1.165) is 43.9 Å². The molecule has 1 aliphatic rings. The number of rotatable bonds is 4. The summed E-state index contributed by atoms with van der Waals surface area (Å²) in [4.78, 5) is 4.45. The van der Waals surface area contributed by atoms with Gasteiger partial charge in [0.25, 0.3) is 0 Å². The molecule has 1 fully saturated rings. The summed E-state index contributed by atoms with van der Waals surface area (Å²) in [6.45, 7) is 6.35. The first-order valence-corrected chi connectivity index (χ1v) is 7.16. The Morgan fingerprint density at radius 2 is 1.67 bits per heavy atom. The predicted molar refractivity (Wildman–Crippen MR) is 75.0 cm³/mol. The number of aliphatic hydroxyl groups excluding tert-OH is 1. The highest BCUT2D eigenvalue weighted by Crippen LogP contribution is 2.30. The minimum Gasteiger partial charge on any atom is -0.395 e. The first-order valence-electron chi connectivity index (χ1n) is 7.16. The Bertz CT molecular complexity index is 439. The quantitative estimate of drug-likeness (QED) is 0.925. The highest BCUT2D eigenvalue weighted by molar-refractivity contribution is 5.26. The molecule has 1 aromatic rings. The van der Waals surface area contributed by atoms with Gasteiger partial charge in [-0.3, -0.25) is 9.80 Å². The average Bonchev–Trinajstić information content (AvgIpc) is 2.47. The van der Waals surface area contributed by atoms with Gasteiger partial charge in [0.15, 0.2) is 0 Å². The summed E-state index contributed by atoms with van der Waals surface area (Å²) in [7, 11) is 0. The minimum absolute atomic E-state index is 0.101. The fourth-order valence-corrected chi connectivity index (χ4v) is 2.68. The zero-order valence-corrected chi connectivity index (χ0v) is 12.1. The lowest BCUT2D eigenvalue weighted by Crippen LogP contribution is -2.47. The van der Waals surface area contributed by atoms with E-state index in [1.165, 1.54) is 0 Å². The lowest BCUT2D eigenvalue weighted by Gasteiger charge is -2.38. The first-order chi connectivity index (χ1) is 9.91. The fourth-order valence-electron chi connectivity index (χ4n) is 2.68. The Morgan fingerprint density at radius 1 is 1.10 bits per heavy atom. The van der Waals surface area contributed by atoms with Crippen LogP contribution in [0, 0.1) is 0 Å². The van der Waals surface area contributed by atoms with Gasteiger partial charge >= 0.3 is 6.18 Å². The maximum absolute atomic E-state index is 12.6. The summed E-state index contributed by atoms with van der Waals surface area (Å²) in [6.07, 6.45) is -4.28. The van der Waals surface area contributed by atoms with Crippen LogP contribution in [0.5, 0.6) is 0 Å². The molecule has 21 heavy (non-hydrogen) atoms. The van der Waals surface area contributed by atoms with E-state index in [0.29, 0.717) is 6.54 Å². The van der Waals surface area contributed by atoms with E-state index in [2.05, 4.69) is 9.80 Å². The summed E-state index contributed by atoms with van der Waals surface area (Å²) in [5.74, 6) is 0. The van der Waals surface area contributed by atoms with Crippen LogP contribution < -0.4 is 0 Å². The summed E-state index contributed by atoms with van der Waals surface area (Å²) < 4.78 is 37.7. The highest BCUT2D eigenvalue weighted by atomic mass is 19.4. The van der Waals surface area contributed by atoms with Crippen LogP contribution in [0.3, 0.4) is 0 Å². The molecule has 6 heteroatoms. The molecular weight excluding hydrogens is 281 g/mol. The van der Waals surface area contributed by atoms with Crippen LogP contribution in [0.2, 0.25) is 0 Å². The minimum atomic E-state index is -4.28. The zero-order chi connectivity index (χ0) is 15.5. The molecule has 0 aromatic heterocycles. The molecular formula is C15H21F3N2O. The lowest BCUT2D eigenvalue weighted by atomic mass is 10.0. The molecule has 1 aromatic carbocycles.